The van der Waals surface area contributed by atoms with Gasteiger partial charge in [-0.3, -0.25) is 4.79 Å². The van der Waals surface area contributed by atoms with Crippen LogP contribution < -0.4 is 5.32 Å². The first-order valence-corrected chi connectivity index (χ1v) is 7.77. The number of carbonyl (C=O) groups is 1. The van der Waals surface area contributed by atoms with Gasteiger partial charge in [0.2, 0.25) is 0 Å². The van der Waals surface area contributed by atoms with E-state index in [1.807, 2.05) is 24.3 Å². The van der Waals surface area contributed by atoms with E-state index in [4.69, 9.17) is 0 Å². The number of hydrogen-bond acceptors (Lipinski definition) is 1. The van der Waals surface area contributed by atoms with E-state index in [-0.39, 0.29) is 5.91 Å². The molecule has 2 heteroatoms. The van der Waals surface area contributed by atoms with E-state index < -0.39 is 0 Å². The lowest BCUT2D eigenvalue weighted by Gasteiger charge is -2.16. The van der Waals surface area contributed by atoms with E-state index in [1.54, 1.807) is 0 Å². The van der Waals surface area contributed by atoms with Crippen molar-refractivity contribution in [2.45, 2.75) is 32.1 Å². The van der Waals surface area contributed by atoms with Crippen LogP contribution in [0.15, 0.2) is 48.5 Å². The van der Waals surface area contributed by atoms with Gasteiger partial charge in [-0.15, -0.1) is 0 Å². The Bertz CT molecular complexity index is 619. The van der Waals surface area contributed by atoms with Crippen LogP contribution in [0.2, 0.25) is 0 Å². The summed E-state index contributed by atoms with van der Waals surface area (Å²) >= 11 is 0. The van der Waals surface area contributed by atoms with Crippen LogP contribution >= 0.6 is 0 Å². The highest BCUT2D eigenvalue weighted by atomic mass is 16.1. The third-order valence-corrected chi connectivity index (χ3v) is 4.15. The summed E-state index contributed by atoms with van der Waals surface area (Å²) in [6.07, 6.45) is 5.66. The second-order valence-electron chi connectivity index (χ2n) is 5.68. The zero-order valence-corrected chi connectivity index (χ0v) is 12.3. The number of fused-ring (bicyclic) bond motifs is 1. The van der Waals surface area contributed by atoms with Crippen molar-refractivity contribution in [1.82, 2.24) is 5.32 Å². The number of aryl methyl sites for hydroxylation is 2. The molecule has 0 radical (unpaired) electrons. The van der Waals surface area contributed by atoms with Gasteiger partial charge in [-0.05, 0) is 60.9 Å². The molecule has 1 aliphatic carbocycles. The standard InChI is InChI=1S/C19H21NO/c21-19(20-13-12-15-6-2-1-3-7-15)18-11-10-16-8-4-5-9-17(16)14-18/h1-3,6-7,10-11,14H,4-5,8-9,12-13H2,(H,20,21). The fraction of sp³-hybridized carbons (Fsp3) is 0.316. The molecule has 1 aliphatic rings. The van der Waals surface area contributed by atoms with Crippen LogP contribution in [0.3, 0.4) is 0 Å². The molecular formula is C19H21NO. The molecule has 2 aromatic rings. The van der Waals surface area contributed by atoms with E-state index >= 15 is 0 Å². The van der Waals surface area contributed by atoms with Gasteiger partial charge in [0.05, 0.1) is 0 Å². The lowest BCUT2D eigenvalue weighted by atomic mass is 9.90. The lowest BCUT2D eigenvalue weighted by Crippen LogP contribution is -2.26. The molecule has 0 heterocycles. The van der Waals surface area contributed by atoms with Crippen LogP contribution in [-0.4, -0.2) is 12.5 Å². The molecule has 0 aliphatic heterocycles. The van der Waals surface area contributed by atoms with Crippen LogP contribution in [0.25, 0.3) is 0 Å². The topological polar surface area (TPSA) is 29.1 Å². The molecule has 1 N–H and O–H groups in total. The Labute approximate surface area is 126 Å². The Morgan fingerprint density at radius 2 is 1.71 bits per heavy atom. The summed E-state index contributed by atoms with van der Waals surface area (Å²) in [7, 11) is 0. The Hall–Kier alpha value is -2.09. The number of benzene rings is 2. The largest absolute Gasteiger partial charge is 0.352 e. The van der Waals surface area contributed by atoms with Gasteiger partial charge in [-0.1, -0.05) is 36.4 Å². The number of nitrogens with one attached hydrogen (secondary N) is 1. The summed E-state index contributed by atoms with van der Waals surface area (Å²) in [5, 5.41) is 3.02. The Morgan fingerprint density at radius 3 is 2.52 bits per heavy atom. The smallest absolute Gasteiger partial charge is 0.251 e. The Kier molecular flexibility index (Phi) is 4.34. The predicted octanol–water partition coefficient (Wildman–Crippen LogP) is 3.54. The fourth-order valence-corrected chi connectivity index (χ4v) is 2.94. The summed E-state index contributed by atoms with van der Waals surface area (Å²) < 4.78 is 0. The first-order valence-electron chi connectivity index (χ1n) is 7.77. The van der Waals surface area contributed by atoms with Crippen molar-refractivity contribution in [2.75, 3.05) is 6.54 Å². The quantitative estimate of drug-likeness (QED) is 0.911. The molecule has 0 bridgehead atoms. The minimum absolute atomic E-state index is 0.0410. The van der Waals surface area contributed by atoms with Crippen molar-refractivity contribution >= 4 is 5.91 Å². The van der Waals surface area contributed by atoms with Crippen molar-refractivity contribution < 1.29 is 4.79 Å². The van der Waals surface area contributed by atoms with Gasteiger partial charge in [0, 0.05) is 12.1 Å². The van der Waals surface area contributed by atoms with Crippen molar-refractivity contribution in [2.24, 2.45) is 0 Å². The minimum Gasteiger partial charge on any atom is -0.352 e. The first kappa shape index (κ1) is 13.9. The van der Waals surface area contributed by atoms with E-state index in [2.05, 4.69) is 29.6 Å². The lowest BCUT2D eigenvalue weighted by molar-refractivity contribution is 0.0954. The SMILES string of the molecule is O=C(NCCc1ccccc1)c1ccc2c(c1)CCCC2. The molecule has 0 saturated carbocycles. The van der Waals surface area contributed by atoms with Gasteiger partial charge in [-0.2, -0.15) is 0 Å². The van der Waals surface area contributed by atoms with Crippen LogP contribution in [0, 0.1) is 0 Å². The first-order chi connectivity index (χ1) is 10.3. The van der Waals surface area contributed by atoms with Crippen molar-refractivity contribution in [1.29, 1.82) is 0 Å². The van der Waals surface area contributed by atoms with Crippen LogP contribution in [-0.2, 0) is 19.3 Å². The maximum Gasteiger partial charge on any atom is 0.251 e. The summed E-state index contributed by atoms with van der Waals surface area (Å²) in [5.41, 5.74) is 4.82. The monoisotopic (exact) mass is 279 g/mol. The van der Waals surface area contributed by atoms with E-state index in [0.29, 0.717) is 6.54 Å². The molecule has 0 spiro atoms. The molecule has 0 atom stereocenters. The third-order valence-electron chi connectivity index (χ3n) is 4.15. The van der Waals surface area contributed by atoms with Crippen molar-refractivity contribution in [3.63, 3.8) is 0 Å². The maximum absolute atomic E-state index is 12.2. The Balaban J connectivity index is 1.58. The molecule has 3 rings (SSSR count). The second-order valence-corrected chi connectivity index (χ2v) is 5.68. The van der Waals surface area contributed by atoms with Crippen LogP contribution in [0.5, 0.6) is 0 Å². The summed E-state index contributed by atoms with van der Waals surface area (Å²) in [5.74, 6) is 0.0410. The number of hydrogen-bond donors (Lipinski definition) is 1. The fourth-order valence-electron chi connectivity index (χ4n) is 2.94. The van der Waals surface area contributed by atoms with Crippen LogP contribution in [0.4, 0.5) is 0 Å². The van der Waals surface area contributed by atoms with Gasteiger partial charge in [0.1, 0.15) is 0 Å². The summed E-state index contributed by atoms with van der Waals surface area (Å²) in [6, 6.07) is 16.4. The van der Waals surface area contributed by atoms with Gasteiger partial charge < -0.3 is 5.32 Å². The third kappa shape index (κ3) is 3.52. The van der Waals surface area contributed by atoms with Crippen molar-refractivity contribution in [3.8, 4) is 0 Å². The predicted molar refractivity (Wildman–Crippen MR) is 85.6 cm³/mol. The van der Waals surface area contributed by atoms with Crippen molar-refractivity contribution in [3.05, 3.63) is 70.8 Å². The molecule has 1 amide bonds. The zero-order chi connectivity index (χ0) is 14.5. The summed E-state index contributed by atoms with van der Waals surface area (Å²) in [6.45, 7) is 0.680. The minimum atomic E-state index is 0.0410. The molecule has 21 heavy (non-hydrogen) atoms. The molecule has 0 unspecified atom stereocenters. The average Bonchev–Trinajstić information content (AvgIpc) is 2.55. The molecule has 0 aromatic heterocycles. The molecule has 2 nitrogen and oxygen atoms in total. The maximum atomic E-state index is 12.2. The van der Waals surface area contributed by atoms with Gasteiger partial charge in [-0.25, -0.2) is 0 Å². The molecule has 108 valence electrons. The van der Waals surface area contributed by atoms with E-state index in [9.17, 15) is 4.79 Å². The van der Waals surface area contributed by atoms with Gasteiger partial charge in [0.25, 0.3) is 5.91 Å². The summed E-state index contributed by atoms with van der Waals surface area (Å²) in [4.78, 5) is 12.2. The zero-order valence-electron chi connectivity index (χ0n) is 12.3. The number of rotatable bonds is 4. The van der Waals surface area contributed by atoms with E-state index in [1.165, 1.54) is 29.5 Å². The van der Waals surface area contributed by atoms with E-state index in [0.717, 1.165) is 24.8 Å². The molecule has 0 saturated heterocycles. The number of carbonyl (C=O) groups excluding carboxylic acids is 1. The average molecular weight is 279 g/mol. The highest BCUT2D eigenvalue weighted by Gasteiger charge is 2.12. The Morgan fingerprint density at radius 1 is 0.952 bits per heavy atom. The van der Waals surface area contributed by atoms with Gasteiger partial charge >= 0.3 is 0 Å². The number of amides is 1. The van der Waals surface area contributed by atoms with Crippen LogP contribution in [0.1, 0.15) is 39.9 Å². The van der Waals surface area contributed by atoms with Gasteiger partial charge in [0.15, 0.2) is 0 Å². The highest BCUT2D eigenvalue weighted by molar-refractivity contribution is 5.94. The molecule has 0 fully saturated rings. The molecular weight excluding hydrogens is 258 g/mol. The normalized spacial score (nSPS) is 13.5. The second kappa shape index (κ2) is 6.57. The molecule has 2 aromatic carbocycles. The highest BCUT2D eigenvalue weighted by Crippen LogP contribution is 2.22.